The van der Waals surface area contributed by atoms with E-state index in [9.17, 15) is 4.39 Å². The number of guanidine groups is 1. The highest BCUT2D eigenvalue weighted by Gasteiger charge is 2.28. The summed E-state index contributed by atoms with van der Waals surface area (Å²) in [6.45, 7) is 8.96. The van der Waals surface area contributed by atoms with Gasteiger partial charge in [-0.1, -0.05) is 12.1 Å². The lowest BCUT2D eigenvalue weighted by Gasteiger charge is -2.38. The van der Waals surface area contributed by atoms with E-state index in [1.165, 1.54) is 17.0 Å². The van der Waals surface area contributed by atoms with Crippen LogP contribution in [0.25, 0.3) is 0 Å². The monoisotopic (exact) mass is 376 g/mol. The molecule has 0 amide bonds. The van der Waals surface area contributed by atoms with Gasteiger partial charge in [-0.3, -0.25) is 0 Å². The number of ether oxygens (including phenoxy) is 1. The van der Waals surface area contributed by atoms with E-state index in [0.29, 0.717) is 13.1 Å². The van der Waals surface area contributed by atoms with Crippen LogP contribution in [0.4, 0.5) is 4.39 Å². The van der Waals surface area contributed by atoms with E-state index in [1.54, 1.807) is 23.5 Å². The molecule has 0 spiro atoms. The minimum Gasteiger partial charge on any atom is -0.367 e. The van der Waals surface area contributed by atoms with Gasteiger partial charge >= 0.3 is 0 Å². The first-order valence-electron chi connectivity index (χ1n) is 8.90. The molecule has 26 heavy (non-hydrogen) atoms. The second-order valence-corrected chi connectivity index (χ2v) is 7.75. The highest BCUT2D eigenvalue weighted by molar-refractivity contribution is 7.11. The van der Waals surface area contributed by atoms with Crippen LogP contribution in [0.3, 0.4) is 0 Å². The highest BCUT2D eigenvalue weighted by atomic mass is 32.1. The summed E-state index contributed by atoms with van der Waals surface area (Å²) in [6.07, 6.45) is 1.83. The van der Waals surface area contributed by atoms with Crippen molar-refractivity contribution in [2.75, 3.05) is 19.6 Å². The van der Waals surface area contributed by atoms with Gasteiger partial charge in [0.05, 0.1) is 19.2 Å². The SMILES string of the molecule is CCNC(=NCc1ncc(C)s1)N1CC(C)OC(c2ccc(F)cc2)C1. The molecule has 3 rings (SSSR count). The molecule has 2 heterocycles. The Hall–Kier alpha value is -1.99. The average molecular weight is 377 g/mol. The maximum absolute atomic E-state index is 13.2. The number of aliphatic imine (C=N–C) groups is 1. The Morgan fingerprint density at radius 1 is 1.38 bits per heavy atom. The van der Waals surface area contributed by atoms with Gasteiger partial charge in [-0.25, -0.2) is 14.4 Å². The van der Waals surface area contributed by atoms with Crippen LogP contribution in [0, 0.1) is 12.7 Å². The van der Waals surface area contributed by atoms with Gasteiger partial charge in [0.2, 0.25) is 0 Å². The van der Waals surface area contributed by atoms with Crippen LogP contribution < -0.4 is 5.32 Å². The molecule has 140 valence electrons. The Labute approximate surface area is 157 Å². The molecule has 0 bridgehead atoms. The molecule has 0 saturated carbocycles. The van der Waals surface area contributed by atoms with E-state index in [1.807, 2.05) is 13.1 Å². The lowest BCUT2D eigenvalue weighted by atomic mass is 10.1. The van der Waals surface area contributed by atoms with Gasteiger partial charge in [-0.15, -0.1) is 11.3 Å². The number of rotatable bonds is 4. The Bertz CT molecular complexity index is 746. The number of hydrogen-bond donors (Lipinski definition) is 1. The fourth-order valence-electron chi connectivity index (χ4n) is 3.03. The van der Waals surface area contributed by atoms with Crippen LogP contribution in [0.5, 0.6) is 0 Å². The Kier molecular flexibility index (Phi) is 6.21. The summed E-state index contributed by atoms with van der Waals surface area (Å²) in [5.74, 6) is 0.630. The zero-order chi connectivity index (χ0) is 18.5. The number of nitrogens with zero attached hydrogens (tertiary/aromatic N) is 3. The van der Waals surface area contributed by atoms with Crippen molar-refractivity contribution in [1.29, 1.82) is 0 Å². The standard InChI is InChI=1S/C19H25FN4OS/c1-4-21-19(23-10-18-22-9-14(3)26-18)24-11-13(2)25-17(12-24)15-5-7-16(20)8-6-15/h5-9,13,17H,4,10-12H2,1-3H3,(H,21,23). The van der Waals surface area contributed by atoms with Crippen molar-refractivity contribution in [3.05, 3.63) is 51.7 Å². The number of thiazole rings is 1. The van der Waals surface area contributed by atoms with Crippen molar-refractivity contribution >= 4 is 17.3 Å². The Balaban J connectivity index is 1.75. The zero-order valence-electron chi connectivity index (χ0n) is 15.4. The van der Waals surface area contributed by atoms with Crippen LogP contribution in [-0.2, 0) is 11.3 Å². The van der Waals surface area contributed by atoms with Gasteiger partial charge < -0.3 is 15.0 Å². The molecule has 5 nitrogen and oxygen atoms in total. The molecule has 7 heteroatoms. The lowest BCUT2D eigenvalue weighted by Crippen LogP contribution is -2.50. The number of aromatic nitrogens is 1. The summed E-state index contributed by atoms with van der Waals surface area (Å²) < 4.78 is 19.3. The lowest BCUT2D eigenvalue weighted by molar-refractivity contribution is -0.0605. The molecular weight excluding hydrogens is 351 g/mol. The molecule has 1 saturated heterocycles. The number of benzene rings is 1. The number of nitrogens with one attached hydrogen (secondary N) is 1. The molecule has 1 aliphatic rings. The largest absolute Gasteiger partial charge is 0.367 e. The van der Waals surface area contributed by atoms with E-state index < -0.39 is 0 Å². The van der Waals surface area contributed by atoms with Gasteiger partial charge in [-0.05, 0) is 38.5 Å². The first-order valence-corrected chi connectivity index (χ1v) is 9.72. The number of halogens is 1. The smallest absolute Gasteiger partial charge is 0.194 e. The molecule has 2 aromatic rings. The van der Waals surface area contributed by atoms with E-state index in [-0.39, 0.29) is 18.0 Å². The maximum Gasteiger partial charge on any atom is 0.194 e. The third kappa shape index (κ3) is 4.80. The third-order valence-electron chi connectivity index (χ3n) is 4.17. The molecule has 2 atom stereocenters. The first-order chi connectivity index (χ1) is 12.5. The van der Waals surface area contributed by atoms with Crippen LogP contribution >= 0.6 is 11.3 Å². The highest BCUT2D eigenvalue weighted by Crippen LogP contribution is 2.25. The van der Waals surface area contributed by atoms with E-state index >= 15 is 0 Å². The predicted molar refractivity (Wildman–Crippen MR) is 103 cm³/mol. The van der Waals surface area contributed by atoms with Crippen LogP contribution in [0.2, 0.25) is 0 Å². The molecule has 1 aliphatic heterocycles. The average Bonchev–Trinajstić information content (AvgIpc) is 3.04. The van der Waals surface area contributed by atoms with Crippen molar-refractivity contribution in [3.63, 3.8) is 0 Å². The van der Waals surface area contributed by atoms with Gasteiger partial charge in [0.1, 0.15) is 16.9 Å². The summed E-state index contributed by atoms with van der Waals surface area (Å²) >= 11 is 1.67. The topological polar surface area (TPSA) is 49.8 Å². The van der Waals surface area contributed by atoms with Crippen molar-refractivity contribution in [3.8, 4) is 0 Å². The van der Waals surface area contributed by atoms with Gasteiger partial charge in [0, 0.05) is 24.2 Å². The van der Waals surface area contributed by atoms with Crippen molar-refractivity contribution in [1.82, 2.24) is 15.2 Å². The quantitative estimate of drug-likeness (QED) is 0.655. The van der Waals surface area contributed by atoms with E-state index in [4.69, 9.17) is 9.73 Å². The number of hydrogen-bond acceptors (Lipinski definition) is 4. The van der Waals surface area contributed by atoms with E-state index in [2.05, 4.69) is 29.0 Å². The van der Waals surface area contributed by atoms with Crippen LogP contribution in [0.1, 0.15) is 35.4 Å². The summed E-state index contributed by atoms with van der Waals surface area (Å²) in [5, 5.41) is 4.38. The van der Waals surface area contributed by atoms with Crippen molar-refractivity contribution in [2.24, 2.45) is 4.99 Å². The van der Waals surface area contributed by atoms with Gasteiger partial charge in [0.25, 0.3) is 0 Å². The normalized spacial score (nSPS) is 21.1. The van der Waals surface area contributed by atoms with Gasteiger partial charge in [-0.2, -0.15) is 0 Å². The first kappa shape index (κ1) is 18.8. The number of aryl methyl sites for hydroxylation is 1. The Morgan fingerprint density at radius 3 is 2.81 bits per heavy atom. The molecule has 0 aliphatic carbocycles. The van der Waals surface area contributed by atoms with Crippen LogP contribution in [0.15, 0.2) is 35.5 Å². The minimum atomic E-state index is -0.233. The fraction of sp³-hybridized carbons (Fsp3) is 0.474. The van der Waals surface area contributed by atoms with Crippen LogP contribution in [-0.4, -0.2) is 41.6 Å². The molecular formula is C19H25FN4OS. The predicted octanol–water partition coefficient (Wildman–Crippen LogP) is 3.52. The zero-order valence-corrected chi connectivity index (χ0v) is 16.2. The van der Waals surface area contributed by atoms with E-state index in [0.717, 1.165) is 29.6 Å². The minimum absolute atomic E-state index is 0.0600. The Morgan fingerprint density at radius 2 is 2.15 bits per heavy atom. The van der Waals surface area contributed by atoms with Gasteiger partial charge in [0.15, 0.2) is 5.96 Å². The number of morpholine rings is 1. The summed E-state index contributed by atoms with van der Waals surface area (Å²) in [6, 6.07) is 6.54. The second kappa shape index (κ2) is 8.60. The fourth-order valence-corrected chi connectivity index (χ4v) is 3.74. The molecule has 1 fully saturated rings. The van der Waals surface area contributed by atoms with Crippen molar-refractivity contribution in [2.45, 2.75) is 39.5 Å². The molecule has 0 radical (unpaired) electrons. The maximum atomic E-state index is 13.2. The summed E-state index contributed by atoms with van der Waals surface area (Å²) in [4.78, 5) is 12.6. The van der Waals surface area contributed by atoms with Crippen molar-refractivity contribution < 1.29 is 9.13 Å². The molecule has 1 N–H and O–H groups in total. The second-order valence-electron chi connectivity index (χ2n) is 6.43. The summed E-state index contributed by atoms with van der Waals surface area (Å²) in [5.41, 5.74) is 0.981. The molecule has 1 aromatic heterocycles. The summed E-state index contributed by atoms with van der Waals surface area (Å²) in [7, 11) is 0. The molecule has 1 aromatic carbocycles. The molecule has 2 unspecified atom stereocenters. The third-order valence-corrected chi connectivity index (χ3v) is 5.07.